The molecule has 1 N–H and O–H groups in total. The number of ether oxygens (including phenoxy) is 1. The maximum absolute atomic E-state index is 12.6. The first-order valence-electron chi connectivity index (χ1n) is 10.7. The zero-order valence-corrected chi connectivity index (χ0v) is 17.7. The molecule has 2 aromatic rings. The first-order valence-corrected chi connectivity index (χ1v) is 10.7. The Balaban J connectivity index is 1.32. The molecule has 1 fully saturated rings. The molecule has 1 heterocycles. The summed E-state index contributed by atoms with van der Waals surface area (Å²) in [5, 5.41) is 2.80. The molecule has 2 amide bonds. The fraction of sp³-hybridized carbons (Fsp3) is 0.417. The predicted octanol–water partition coefficient (Wildman–Crippen LogP) is 4.07. The lowest BCUT2D eigenvalue weighted by Crippen LogP contribution is -2.43. The molecule has 1 aliphatic heterocycles. The quantitative estimate of drug-likeness (QED) is 0.620. The molecule has 0 unspecified atom stereocenters. The highest BCUT2D eigenvalue weighted by Gasteiger charge is 2.30. The number of nitrogens with one attached hydrogen (secondary N) is 1. The zero-order chi connectivity index (χ0) is 23.0. The van der Waals surface area contributed by atoms with E-state index < -0.39 is 11.7 Å². The number of nitrogens with zero attached hydrogens (tertiary/aromatic N) is 1. The maximum Gasteiger partial charge on any atom is 0.416 e. The van der Waals surface area contributed by atoms with Crippen molar-refractivity contribution in [3.05, 3.63) is 65.7 Å². The van der Waals surface area contributed by atoms with Gasteiger partial charge in [-0.25, -0.2) is 0 Å². The fourth-order valence-corrected chi connectivity index (χ4v) is 3.67. The van der Waals surface area contributed by atoms with Crippen molar-refractivity contribution in [2.75, 3.05) is 26.2 Å². The van der Waals surface area contributed by atoms with Crippen molar-refractivity contribution >= 4 is 11.8 Å². The van der Waals surface area contributed by atoms with E-state index in [1.807, 2.05) is 35.2 Å². The molecule has 0 bridgehead atoms. The van der Waals surface area contributed by atoms with Gasteiger partial charge in [0, 0.05) is 25.4 Å². The minimum absolute atomic E-state index is 0.0857. The standard InChI is InChI=1S/C24H27F3N2O3/c25-24(26,27)20-7-9-21(10-8-20)32-17-14-28-23(31)19-12-15-29(16-13-19)22(30)11-6-18-4-2-1-3-5-18/h1-5,7-10,19H,6,11-17H2,(H,28,31). The average Bonchev–Trinajstić information content (AvgIpc) is 2.80. The molecule has 0 radical (unpaired) electrons. The van der Waals surface area contributed by atoms with Gasteiger partial charge in [-0.2, -0.15) is 13.2 Å². The molecule has 0 aliphatic carbocycles. The van der Waals surface area contributed by atoms with Gasteiger partial charge in [0.2, 0.25) is 11.8 Å². The third-order valence-corrected chi connectivity index (χ3v) is 5.54. The summed E-state index contributed by atoms with van der Waals surface area (Å²) in [4.78, 5) is 26.6. The topological polar surface area (TPSA) is 58.6 Å². The molecule has 2 aromatic carbocycles. The SMILES string of the molecule is O=C(NCCOc1ccc(C(F)(F)F)cc1)C1CCN(C(=O)CCc2ccccc2)CC1. The van der Waals surface area contributed by atoms with Crippen LogP contribution in [0.1, 0.15) is 30.4 Å². The highest BCUT2D eigenvalue weighted by Crippen LogP contribution is 2.30. The van der Waals surface area contributed by atoms with E-state index in [0.717, 1.165) is 17.7 Å². The molecule has 0 aromatic heterocycles. The molecular weight excluding hydrogens is 421 g/mol. The van der Waals surface area contributed by atoms with Crippen LogP contribution in [-0.2, 0) is 22.2 Å². The number of likely N-dealkylation sites (tertiary alicyclic amines) is 1. The van der Waals surface area contributed by atoms with E-state index in [1.165, 1.54) is 12.1 Å². The van der Waals surface area contributed by atoms with Crippen molar-refractivity contribution in [2.45, 2.75) is 31.9 Å². The van der Waals surface area contributed by atoms with Gasteiger partial charge in [-0.1, -0.05) is 30.3 Å². The number of rotatable bonds is 8. The Morgan fingerprint density at radius 2 is 1.66 bits per heavy atom. The number of amides is 2. The van der Waals surface area contributed by atoms with Gasteiger partial charge in [0.15, 0.2) is 0 Å². The van der Waals surface area contributed by atoms with Crippen molar-refractivity contribution < 1.29 is 27.5 Å². The Hall–Kier alpha value is -3.03. The summed E-state index contributed by atoms with van der Waals surface area (Å²) in [5.41, 5.74) is 0.400. The van der Waals surface area contributed by atoms with Crippen LogP contribution in [0.5, 0.6) is 5.75 Å². The summed E-state index contributed by atoms with van der Waals surface area (Å²) in [6.45, 7) is 1.55. The molecule has 1 aliphatic rings. The largest absolute Gasteiger partial charge is 0.492 e. The normalized spacial score (nSPS) is 14.8. The van der Waals surface area contributed by atoms with E-state index in [-0.39, 0.29) is 30.9 Å². The van der Waals surface area contributed by atoms with Gasteiger partial charge in [-0.15, -0.1) is 0 Å². The number of piperidine rings is 1. The van der Waals surface area contributed by atoms with Crippen molar-refractivity contribution in [1.29, 1.82) is 0 Å². The van der Waals surface area contributed by atoms with Gasteiger partial charge in [-0.3, -0.25) is 9.59 Å². The molecule has 0 atom stereocenters. The van der Waals surface area contributed by atoms with Crippen LogP contribution >= 0.6 is 0 Å². The molecular formula is C24H27F3N2O3. The lowest BCUT2D eigenvalue weighted by atomic mass is 9.95. The number of alkyl halides is 3. The third-order valence-electron chi connectivity index (χ3n) is 5.54. The van der Waals surface area contributed by atoms with Gasteiger partial charge in [0.05, 0.1) is 12.1 Å². The molecule has 32 heavy (non-hydrogen) atoms. The van der Waals surface area contributed by atoms with E-state index in [2.05, 4.69) is 5.32 Å². The van der Waals surface area contributed by atoms with E-state index in [4.69, 9.17) is 4.74 Å². The highest BCUT2D eigenvalue weighted by atomic mass is 19.4. The van der Waals surface area contributed by atoms with Crippen LogP contribution in [0, 0.1) is 5.92 Å². The fourth-order valence-electron chi connectivity index (χ4n) is 3.67. The Morgan fingerprint density at radius 3 is 2.28 bits per heavy atom. The van der Waals surface area contributed by atoms with E-state index >= 15 is 0 Å². The Kier molecular flexibility index (Phi) is 8.14. The summed E-state index contributed by atoms with van der Waals surface area (Å²) in [5.74, 6) is 0.184. The molecule has 0 spiro atoms. The number of carbonyl (C=O) groups is 2. The lowest BCUT2D eigenvalue weighted by Gasteiger charge is -2.31. The number of hydrogen-bond donors (Lipinski definition) is 1. The maximum atomic E-state index is 12.6. The van der Waals surface area contributed by atoms with Crippen LogP contribution in [0.25, 0.3) is 0 Å². The summed E-state index contributed by atoms with van der Waals surface area (Å²) >= 11 is 0. The van der Waals surface area contributed by atoms with E-state index in [0.29, 0.717) is 44.5 Å². The molecule has 3 rings (SSSR count). The second kappa shape index (κ2) is 11.0. The molecule has 0 saturated carbocycles. The predicted molar refractivity (Wildman–Crippen MR) is 114 cm³/mol. The Labute approximate surface area is 185 Å². The number of hydrogen-bond acceptors (Lipinski definition) is 3. The highest BCUT2D eigenvalue weighted by molar-refractivity contribution is 5.80. The summed E-state index contributed by atoms with van der Waals surface area (Å²) in [6, 6.07) is 14.3. The van der Waals surface area contributed by atoms with Crippen molar-refractivity contribution in [3.8, 4) is 5.75 Å². The Bertz CT molecular complexity index is 878. The van der Waals surface area contributed by atoms with Gasteiger partial charge in [0.25, 0.3) is 0 Å². The second-order valence-electron chi connectivity index (χ2n) is 7.80. The molecule has 1 saturated heterocycles. The van der Waals surface area contributed by atoms with Crippen LogP contribution in [0.2, 0.25) is 0 Å². The molecule has 5 nitrogen and oxygen atoms in total. The first kappa shape index (κ1) is 23.6. The Morgan fingerprint density at radius 1 is 1.00 bits per heavy atom. The monoisotopic (exact) mass is 448 g/mol. The minimum Gasteiger partial charge on any atom is -0.492 e. The third kappa shape index (κ3) is 7.00. The van der Waals surface area contributed by atoms with Gasteiger partial charge in [-0.05, 0) is 49.1 Å². The average molecular weight is 448 g/mol. The number of benzene rings is 2. The summed E-state index contributed by atoms with van der Waals surface area (Å²) in [7, 11) is 0. The first-order chi connectivity index (χ1) is 15.3. The van der Waals surface area contributed by atoms with Gasteiger partial charge in [0.1, 0.15) is 12.4 Å². The lowest BCUT2D eigenvalue weighted by molar-refractivity contribution is -0.137. The molecule has 172 valence electrons. The van der Waals surface area contributed by atoms with Crippen LogP contribution in [0.3, 0.4) is 0 Å². The number of carbonyl (C=O) groups excluding carboxylic acids is 2. The second-order valence-corrected chi connectivity index (χ2v) is 7.80. The smallest absolute Gasteiger partial charge is 0.416 e. The van der Waals surface area contributed by atoms with Crippen molar-refractivity contribution in [3.63, 3.8) is 0 Å². The van der Waals surface area contributed by atoms with Crippen LogP contribution in [0.4, 0.5) is 13.2 Å². The van der Waals surface area contributed by atoms with Gasteiger partial charge >= 0.3 is 6.18 Å². The van der Waals surface area contributed by atoms with Crippen molar-refractivity contribution in [2.24, 2.45) is 5.92 Å². The minimum atomic E-state index is -4.38. The van der Waals surface area contributed by atoms with Crippen LogP contribution in [-0.4, -0.2) is 43.0 Å². The van der Waals surface area contributed by atoms with Gasteiger partial charge < -0.3 is 15.0 Å². The van der Waals surface area contributed by atoms with Crippen LogP contribution in [0.15, 0.2) is 54.6 Å². The van der Waals surface area contributed by atoms with E-state index in [9.17, 15) is 22.8 Å². The zero-order valence-electron chi connectivity index (χ0n) is 17.7. The number of halogens is 3. The van der Waals surface area contributed by atoms with Crippen molar-refractivity contribution in [1.82, 2.24) is 10.2 Å². The number of aryl methyl sites for hydroxylation is 1. The van der Waals surface area contributed by atoms with E-state index in [1.54, 1.807) is 0 Å². The summed E-state index contributed by atoms with van der Waals surface area (Å²) in [6.07, 6.45) is -1.99. The molecule has 8 heteroatoms. The van der Waals surface area contributed by atoms with Crippen LogP contribution < -0.4 is 10.1 Å². The summed E-state index contributed by atoms with van der Waals surface area (Å²) < 4.78 is 43.1.